The number of primary amides is 1. The number of aromatic hydroxyl groups is 1. The number of aliphatic hydroxyl groups is 2. The molecule has 1 spiro atoms. The Morgan fingerprint density at radius 2 is 1.86 bits per heavy atom. The zero-order valence-electron chi connectivity index (χ0n) is 23.3. The van der Waals surface area contributed by atoms with E-state index in [0.29, 0.717) is 34.9 Å². The molecule has 224 valence electrons. The Morgan fingerprint density at radius 3 is 2.40 bits per heavy atom. The maximum absolute atomic E-state index is 14.2. The Bertz CT molecular complexity index is 1680. The topological polar surface area (TPSA) is 159 Å². The molecule has 4 aliphatic rings. The first-order valence-electron chi connectivity index (χ1n) is 13.7. The number of nitrogens with zero attached hydrogens (tertiary/aromatic N) is 1. The number of rotatable bonds is 5. The third-order valence-corrected chi connectivity index (χ3v) is 9.38. The Hall–Kier alpha value is -4.10. The third-order valence-electron chi connectivity index (χ3n) is 9.38. The van der Waals surface area contributed by atoms with Crippen LogP contribution < -0.4 is 16.2 Å². The van der Waals surface area contributed by atoms with Gasteiger partial charge in [-0.1, -0.05) is 0 Å². The molecule has 7 N–H and O–H groups in total. The first-order chi connectivity index (χ1) is 20.2. The van der Waals surface area contributed by atoms with Gasteiger partial charge in [-0.25, -0.2) is 0 Å². The van der Waals surface area contributed by atoms with Crippen LogP contribution in [0.5, 0.6) is 11.5 Å². The van der Waals surface area contributed by atoms with Crippen molar-refractivity contribution in [1.29, 1.82) is 0 Å². The number of nitrogens with two attached hydrogens (primary N) is 2. The molecule has 1 aliphatic heterocycles. The van der Waals surface area contributed by atoms with Gasteiger partial charge in [-0.05, 0) is 0 Å². The minimum absolute atomic E-state index is 0.0282. The van der Waals surface area contributed by atoms with E-state index in [1.807, 2.05) is 0 Å². The van der Waals surface area contributed by atoms with E-state index in [1.165, 1.54) is 12.1 Å². The summed E-state index contributed by atoms with van der Waals surface area (Å²) >= 11 is 0. The molecule has 13 heteroatoms. The van der Waals surface area contributed by atoms with Crippen molar-refractivity contribution in [2.24, 2.45) is 28.7 Å². The summed E-state index contributed by atoms with van der Waals surface area (Å²) in [5, 5.41) is 34.3. The number of hydrogen-bond donors (Lipinski definition) is 5. The number of allylic oxidation sites excluding steroid dienone is 2. The number of amides is 1. The van der Waals surface area contributed by atoms with Crippen molar-refractivity contribution in [2.45, 2.75) is 38.1 Å². The van der Waals surface area contributed by atoms with Crippen molar-refractivity contribution in [3.8, 4) is 22.6 Å². The summed E-state index contributed by atoms with van der Waals surface area (Å²) in [7, 11) is 3.49. The van der Waals surface area contributed by atoms with Crippen LogP contribution in [0.15, 0.2) is 53.0 Å². The van der Waals surface area contributed by atoms with Crippen molar-refractivity contribution >= 4 is 24.1 Å². The number of likely N-dealkylation sites (N-methyl/N-ethyl adjacent to an activating group) is 1. The summed E-state index contributed by atoms with van der Waals surface area (Å²) in [4.78, 5) is 28.5. The number of halogens is 3. The molecule has 9 nitrogen and oxygen atoms in total. The fourth-order valence-corrected chi connectivity index (χ4v) is 7.63. The van der Waals surface area contributed by atoms with Gasteiger partial charge >= 0.3 is 227 Å². The monoisotopic (exact) mass is 595 g/mol. The Morgan fingerprint density at radius 1 is 1.19 bits per heavy atom. The van der Waals surface area contributed by atoms with Crippen LogP contribution in [0.4, 0.5) is 13.2 Å². The first kappa shape index (κ1) is 29.0. The van der Waals surface area contributed by atoms with Gasteiger partial charge in [0.05, 0.1) is 0 Å². The zero-order chi connectivity index (χ0) is 31.2. The fraction of sp³-hybridized carbons (Fsp3) is 0.367. The molecular weight excluding hydrogens is 566 g/mol. The van der Waals surface area contributed by atoms with Crippen molar-refractivity contribution < 1.29 is 42.8 Å². The van der Waals surface area contributed by atoms with Crippen LogP contribution in [0.1, 0.15) is 27.9 Å². The SMILES string of the molecule is CN(C)[C@@H]1C(O)=C(C(N)=O)C2=BC[C@@]23C(O)=C2C(=O)c4c(O)c(CN)cc(-c5ccc(OC(F)(F)F)cc5)c4C[C@H]2C[C@@H]13. The van der Waals surface area contributed by atoms with E-state index in [2.05, 4.69) is 4.74 Å². The van der Waals surface area contributed by atoms with Crippen molar-refractivity contribution in [3.05, 3.63) is 69.7 Å². The molecular formula is C30H29BF3N3O6. The summed E-state index contributed by atoms with van der Waals surface area (Å²) in [5.41, 5.74) is 12.6. The molecule has 0 radical (unpaired) electrons. The van der Waals surface area contributed by atoms with Crippen LogP contribution in [0.3, 0.4) is 0 Å². The van der Waals surface area contributed by atoms with Gasteiger partial charge in [0.2, 0.25) is 0 Å². The number of ether oxygens (including phenoxy) is 1. The number of carbonyl (C=O) groups is 2. The molecule has 0 fully saturated rings. The van der Waals surface area contributed by atoms with Gasteiger partial charge in [-0.15, -0.1) is 13.2 Å². The number of ketones is 1. The van der Waals surface area contributed by atoms with Crippen molar-refractivity contribution in [2.75, 3.05) is 14.1 Å². The summed E-state index contributed by atoms with van der Waals surface area (Å²) in [6, 6.07) is 6.13. The van der Waals surface area contributed by atoms with Gasteiger partial charge in [-0.2, -0.15) is 0 Å². The standard InChI is InChI=1S/C30H29BF3N3O6/c1-37(2)22-18-9-13-7-17-16(12-3-5-15(6-4-12)43-30(32,33)34)8-14(10-35)23(38)20(17)24(39)19(13)27(41)29(18)11-31-26(29)21(25(22)40)28(36)42/h3-6,8,13,18,22,38,40-41H,7,9-11,35H2,1-2H3,(H2,36,42)/t13-,18-,22-,29-/m0/s1. The number of Topliss-reactive ketones (excluding diaryl/α,β-unsaturated/α-hetero) is 1. The number of alkyl halides is 3. The zero-order valence-corrected chi connectivity index (χ0v) is 23.3. The second-order valence-corrected chi connectivity index (χ2v) is 11.7. The molecule has 1 amide bonds. The average molecular weight is 595 g/mol. The second-order valence-electron chi connectivity index (χ2n) is 11.7. The van der Waals surface area contributed by atoms with E-state index in [0.717, 1.165) is 12.1 Å². The third kappa shape index (κ3) is 4.12. The molecule has 0 aromatic heterocycles. The Labute approximate surface area is 245 Å². The van der Waals surface area contributed by atoms with E-state index < -0.39 is 47.1 Å². The summed E-state index contributed by atoms with van der Waals surface area (Å²) in [6.45, 7) is 1.60. The molecule has 0 unspecified atom stereocenters. The van der Waals surface area contributed by atoms with Gasteiger partial charge in [0.15, 0.2) is 0 Å². The average Bonchev–Trinajstić information content (AvgIpc) is 2.89. The number of phenols is 1. The number of benzene rings is 2. The molecule has 3 aliphatic carbocycles. The molecule has 2 aromatic carbocycles. The van der Waals surface area contributed by atoms with Gasteiger partial charge in [0.1, 0.15) is 0 Å². The predicted molar refractivity (Wildman–Crippen MR) is 152 cm³/mol. The van der Waals surface area contributed by atoms with Crippen LogP contribution in [0.25, 0.3) is 11.1 Å². The normalized spacial score (nSPS) is 26.1. The van der Waals surface area contributed by atoms with Crippen LogP contribution in [0, 0.1) is 17.3 Å². The first-order valence-corrected chi connectivity index (χ1v) is 13.7. The Kier molecular flexibility index (Phi) is 6.55. The van der Waals surface area contributed by atoms with Crippen LogP contribution in [-0.4, -0.2) is 70.8 Å². The molecule has 43 heavy (non-hydrogen) atoms. The molecule has 0 saturated carbocycles. The maximum atomic E-state index is 14.2. The molecule has 0 bridgehead atoms. The number of fused-ring (bicyclic) bond motifs is 2. The van der Waals surface area contributed by atoms with Crippen molar-refractivity contribution in [1.82, 2.24) is 4.90 Å². The Balaban J connectivity index is 1.51. The van der Waals surface area contributed by atoms with E-state index in [9.17, 15) is 38.1 Å². The summed E-state index contributed by atoms with van der Waals surface area (Å²) in [6.07, 6.45) is -3.95. The number of phenolic OH excluding ortho intramolecular Hbond substituents is 1. The van der Waals surface area contributed by atoms with Gasteiger partial charge in [0.25, 0.3) is 0 Å². The van der Waals surface area contributed by atoms with Crippen molar-refractivity contribution in [3.63, 3.8) is 0 Å². The van der Waals surface area contributed by atoms with E-state index in [4.69, 9.17) is 11.5 Å². The van der Waals surface area contributed by atoms with E-state index >= 15 is 0 Å². The second kappa shape index (κ2) is 9.71. The van der Waals surface area contributed by atoms with Crippen LogP contribution >= 0.6 is 0 Å². The predicted octanol–water partition coefficient (Wildman–Crippen LogP) is 3.14. The molecule has 6 rings (SSSR count). The number of carbonyl (C=O) groups excluding carboxylic acids is 2. The quantitative estimate of drug-likeness (QED) is 0.330. The van der Waals surface area contributed by atoms with Crippen LogP contribution in [-0.2, 0) is 17.8 Å². The fourth-order valence-electron chi connectivity index (χ4n) is 7.63. The van der Waals surface area contributed by atoms with E-state index in [1.54, 1.807) is 32.0 Å². The van der Waals surface area contributed by atoms with Gasteiger partial charge in [0, 0.05) is 0 Å². The number of aliphatic hydroxyl groups excluding tert-OH is 2. The van der Waals surface area contributed by atoms with Gasteiger partial charge in [-0.3, -0.25) is 0 Å². The molecule has 0 saturated heterocycles. The number of hydrogen-bond acceptors (Lipinski definition) is 8. The molecule has 4 atom stereocenters. The summed E-state index contributed by atoms with van der Waals surface area (Å²) < 4.78 is 42.2. The molecule has 1 heterocycles. The molecule has 2 aromatic rings. The van der Waals surface area contributed by atoms with E-state index in [-0.39, 0.29) is 52.5 Å². The van der Waals surface area contributed by atoms with Gasteiger partial charge < -0.3 is 4.74 Å². The minimum atomic E-state index is -4.86. The van der Waals surface area contributed by atoms with Crippen LogP contribution in [0.2, 0.25) is 6.32 Å². The summed E-state index contributed by atoms with van der Waals surface area (Å²) in [5.74, 6) is -3.47.